The molecule has 22 heavy (non-hydrogen) atoms. The second-order valence-electron chi connectivity index (χ2n) is 7.54. The van der Waals surface area contributed by atoms with Gasteiger partial charge in [0.2, 0.25) is 5.91 Å². The van der Waals surface area contributed by atoms with E-state index < -0.39 is 0 Å². The van der Waals surface area contributed by atoms with Crippen molar-refractivity contribution in [3.63, 3.8) is 0 Å². The fourth-order valence-electron chi connectivity index (χ4n) is 4.44. The monoisotopic (exact) mass is 309 g/mol. The predicted molar refractivity (Wildman–Crippen MR) is 85.6 cm³/mol. The number of ether oxygens (including phenoxy) is 2. The van der Waals surface area contributed by atoms with Crippen molar-refractivity contribution < 1.29 is 14.3 Å². The minimum absolute atomic E-state index is 0.0946. The zero-order valence-corrected chi connectivity index (χ0v) is 13.9. The van der Waals surface area contributed by atoms with E-state index in [0.29, 0.717) is 13.2 Å². The molecule has 0 spiro atoms. The normalized spacial score (nSPS) is 36.6. The molecule has 1 N–H and O–H groups in total. The van der Waals surface area contributed by atoms with Gasteiger partial charge in [-0.2, -0.15) is 0 Å². The highest BCUT2D eigenvalue weighted by atomic mass is 16.5. The van der Waals surface area contributed by atoms with Crippen molar-refractivity contribution in [1.82, 2.24) is 5.32 Å². The lowest BCUT2D eigenvalue weighted by molar-refractivity contribution is -0.128. The molecular weight excluding hydrogens is 278 g/mol. The number of hydrogen-bond acceptors (Lipinski definition) is 3. The number of carbonyl (C=O) groups is 1. The van der Waals surface area contributed by atoms with Crippen molar-refractivity contribution in [1.29, 1.82) is 0 Å². The van der Waals surface area contributed by atoms with Crippen molar-refractivity contribution in [3.05, 3.63) is 0 Å². The first-order valence-electron chi connectivity index (χ1n) is 9.22. The second-order valence-corrected chi connectivity index (χ2v) is 7.54. The Hall–Kier alpha value is -0.610. The standard InChI is InChI=1S/C18H31NO3/c1-13(11-22-17-8-9-21-12-17)19-18(20)16-7-6-14-4-2-3-5-15(14)10-16/h13-17H,2-12H2,1H3,(H,19,20). The van der Waals surface area contributed by atoms with Gasteiger partial charge in [-0.1, -0.05) is 25.7 Å². The lowest BCUT2D eigenvalue weighted by Crippen LogP contribution is -2.43. The van der Waals surface area contributed by atoms with Gasteiger partial charge in [0.1, 0.15) is 0 Å². The lowest BCUT2D eigenvalue weighted by Gasteiger charge is -2.39. The molecule has 126 valence electrons. The summed E-state index contributed by atoms with van der Waals surface area (Å²) < 4.78 is 11.1. The highest BCUT2D eigenvalue weighted by Crippen LogP contribution is 2.42. The minimum Gasteiger partial charge on any atom is -0.379 e. The Morgan fingerprint density at radius 2 is 2.00 bits per heavy atom. The van der Waals surface area contributed by atoms with Crippen LogP contribution in [0.25, 0.3) is 0 Å². The molecule has 3 rings (SSSR count). The molecule has 0 aromatic rings. The molecule has 3 fully saturated rings. The molecule has 4 heteroatoms. The van der Waals surface area contributed by atoms with E-state index in [9.17, 15) is 4.79 Å². The maximum absolute atomic E-state index is 12.5. The maximum atomic E-state index is 12.5. The van der Waals surface area contributed by atoms with Crippen LogP contribution in [-0.4, -0.2) is 37.9 Å². The summed E-state index contributed by atoms with van der Waals surface area (Å²) in [5.74, 6) is 2.20. The third-order valence-corrected chi connectivity index (χ3v) is 5.77. The summed E-state index contributed by atoms with van der Waals surface area (Å²) in [5, 5.41) is 3.16. The Morgan fingerprint density at radius 3 is 2.77 bits per heavy atom. The van der Waals surface area contributed by atoms with E-state index in [1.165, 1.54) is 32.1 Å². The molecule has 3 aliphatic rings. The molecule has 1 heterocycles. The molecule has 1 amide bonds. The fourth-order valence-corrected chi connectivity index (χ4v) is 4.44. The Balaban J connectivity index is 1.39. The highest BCUT2D eigenvalue weighted by molar-refractivity contribution is 5.79. The molecule has 0 aromatic heterocycles. The Kier molecular flexibility index (Phi) is 5.75. The van der Waals surface area contributed by atoms with Crippen LogP contribution in [0.15, 0.2) is 0 Å². The highest BCUT2D eigenvalue weighted by Gasteiger charge is 2.35. The minimum atomic E-state index is 0.0946. The van der Waals surface area contributed by atoms with Gasteiger partial charge in [-0.15, -0.1) is 0 Å². The van der Waals surface area contributed by atoms with Crippen LogP contribution in [0.2, 0.25) is 0 Å². The Morgan fingerprint density at radius 1 is 1.18 bits per heavy atom. The van der Waals surface area contributed by atoms with Crippen molar-refractivity contribution in [2.45, 2.75) is 70.4 Å². The summed E-state index contributed by atoms with van der Waals surface area (Å²) in [6.07, 6.45) is 10.1. The number of nitrogens with one attached hydrogen (secondary N) is 1. The third kappa shape index (κ3) is 4.23. The van der Waals surface area contributed by atoms with Crippen LogP contribution in [0.3, 0.4) is 0 Å². The first-order valence-corrected chi connectivity index (χ1v) is 9.22. The molecule has 0 bridgehead atoms. The van der Waals surface area contributed by atoms with E-state index in [1.54, 1.807) is 0 Å². The average Bonchev–Trinajstić information content (AvgIpc) is 3.06. The molecule has 5 unspecified atom stereocenters. The molecule has 2 saturated carbocycles. The van der Waals surface area contributed by atoms with Crippen LogP contribution in [0.5, 0.6) is 0 Å². The lowest BCUT2D eigenvalue weighted by atomic mass is 9.67. The molecule has 1 aliphatic heterocycles. The number of rotatable bonds is 5. The van der Waals surface area contributed by atoms with E-state index in [-0.39, 0.29) is 24.0 Å². The predicted octanol–water partition coefficient (Wildman–Crippen LogP) is 2.90. The topological polar surface area (TPSA) is 47.6 Å². The summed E-state index contributed by atoms with van der Waals surface area (Å²) in [6, 6.07) is 0.0946. The van der Waals surface area contributed by atoms with Crippen LogP contribution in [0.4, 0.5) is 0 Å². The number of fused-ring (bicyclic) bond motifs is 1. The fraction of sp³-hybridized carbons (Fsp3) is 0.944. The summed E-state index contributed by atoms with van der Waals surface area (Å²) in [7, 11) is 0. The number of carbonyl (C=O) groups excluding carboxylic acids is 1. The summed E-state index contributed by atoms with van der Waals surface area (Å²) >= 11 is 0. The van der Waals surface area contributed by atoms with Gasteiger partial charge >= 0.3 is 0 Å². The zero-order chi connectivity index (χ0) is 15.4. The SMILES string of the molecule is CC(COC1CCOC1)NC(=O)C1CCC2CCCCC2C1. The van der Waals surface area contributed by atoms with Gasteiger partial charge in [-0.25, -0.2) is 0 Å². The summed E-state index contributed by atoms with van der Waals surface area (Å²) in [5.41, 5.74) is 0. The Bertz CT molecular complexity index is 367. The van der Waals surface area contributed by atoms with Crippen LogP contribution in [0, 0.1) is 17.8 Å². The van der Waals surface area contributed by atoms with Crippen molar-refractivity contribution in [2.24, 2.45) is 17.8 Å². The number of hydrogen-bond donors (Lipinski definition) is 1. The molecule has 2 aliphatic carbocycles. The van der Waals surface area contributed by atoms with Gasteiger partial charge in [-0.05, 0) is 44.4 Å². The molecular formula is C18H31NO3. The van der Waals surface area contributed by atoms with Gasteiger partial charge in [0.25, 0.3) is 0 Å². The van der Waals surface area contributed by atoms with Crippen LogP contribution < -0.4 is 5.32 Å². The molecule has 1 saturated heterocycles. The van der Waals surface area contributed by atoms with Gasteiger partial charge < -0.3 is 14.8 Å². The van der Waals surface area contributed by atoms with Crippen LogP contribution in [-0.2, 0) is 14.3 Å². The molecule has 5 atom stereocenters. The first-order chi connectivity index (χ1) is 10.7. The maximum Gasteiger partial charge on any atom is 0.223 e. The van der Waals surface area contributed by atoms with Crippen LogP contribution in [0.1, 0.15) is 58.3 Å². The molecule has 0 aromatic carbocycles. The van der Waals surface area contributed by atoms with Crippen molar-refractivity contribution >= 4 is 5.91 Å². The van der Waals surface area contributed by atoms with Gasteiger partial charge in [-0.3, -0.25) is 4.79 Å². The quantitative estimate of drug-likeness (QED) is 0.849. The zero-order valence-electron chi connectivity index (χ0n) is 13.9. The average molecular weight is 309 g/mol. The first kappa shape index (κ1) is 16.3. The van der Waals surface area contributed by atoms with Gasteiger partial charge in [0, 0.05) is 18.6 Å². The van der Waals surface area contributed by atoms with Gasteiger partial charge in [0.05, 0.1) is 19.3 Å². The third-order valence-electron chi connectivity index (χ3n) is 5.77. The molecule has 4 nitrogen and oxygen atoms in total. The van der Waals surface area contributed by atoms with E-state index >= 15 is 0 Å². The smallest absolute Gasteiger partial charge is 0.223 e. The van der Waals surface area contributed by atoms with E-state index in [2.05, 4.69) is 5.32 Å². The van der Waals surface area contributed by atoms with Gasteiger partial charge in [0.15, 0.2) is 0 Å². The van der Waals surface area contributed by atoms with E-state index in [1.807, 2.05) is 6.92 Å². The molecule has 0 radical (unpaired) electrons. The summed E-state index contributed by atoms with van der Waals surface area (Å²) in [4.78, 5) is 12.5. The summed E-state index contributed by atoms with van der Waals surface area (Å²) in [6.45, 7) is 4.14. The Labute approximate surface area is 134 Å². The van der Waals surface area contributed by atoms with E-state index in [4.69, 9.17) is 9.47 Å². The van der Waals surface area contributed by atoms with Crippen LogP contribution >= 0.6 is 0 Å². The van der Waals surface area contributed by atoms with Crippen molar-refractivity contribution in [2.75, 3.05) is 19.8 Å². The number of amides is 1. The largest absolute Gasteiger partial charge is 0.379 e. The second kappa shape index (κ2) is 7.78. The van der Waals surface area contributed by atoms with Crippen molar-refractivity contribution in [3.8, 4) is 0 Å². The van der Waals surface area contributed by atoms with E-state index in [0.717, 1.165) is 37.7 Å².